The van der Waals surface area contributed by atoms with E-state index in [-0.39, 0.29) is 0 Å². The average Bonchev–Trinajstić information content (AvgIpc) is 2.42. The smallest absolute Gasteiger partial charge is 0.0992 e. The highest BCUT2D eigenvalue weighted by Crippen LogP contribution is 2.24. The predicted molar refractivity (Wildman–Crippen MR) is 79.2 cm³/mol. The molecule has 1 aliphatic heterocycles. The fourth-order valence-electron chi connectivity index (χ4n) is 2.22. The summed E-state index contributed by atoms with van der Waals surface area (Å²) in [4.78, 5) is 0. The largest absolute Gasteiger partial charge is 0.382 e. The molecule has 5 heteroatoms. The molecule has 2 atom stereocenters. The van der Waals surface area contributed by atoms with E-state index in [2.05, 4.69) is 39.6 Å². The number of rotatable bonds is 4. The first-order chi connectivity index (χ1) is 9.19. The zero-order valence-electron chi connectivity index (χ0n) is 10.9. The Bertz CT molecular complexity index is 466. The number of halogens is 1. The van der Waals surface area contributed by atoms with Crippen LogP contribution in [0.4, 0.5) is 5.69 Å². The molecular formula is C14H18BrN3O. The molecule has 102 valence electrons. The molecule has 0 saturated carbocycles. The van der Waals surface area contributed by atoms with Crippen LogP contribution >= 0.6 is 15.9 Å². The van der Waals surface area contributed by atoms with Crippen LogP contribution in [-0.2, 0) is 4.74 Å². The van der Waals surface area contributed by atoms with Gasteiger partial charge in [-0.2, -0.15) is 5.26 Å². The SMILES string of the molecule is CC(CC1COCCN1)Nc1ccc(C#N)cc1Br. The van der Waals surface area contributed by atoms with Crippen molar-refractivity contribution in [1.29, 1.82) is 5.26 Å². The van der Waals surface area contributed by atoms with Gasteiger partial charge >= 0.3 is 0 Å². The Balaban J connectivity index is 1.91. The Kier molecular flexibility index (Phi) is 5.20. The number of nitrogens with zero attached hydrogens (tertiary/aromatic N) is 1. The van der Waals surface area contributed by atoms with Crippen molar-refractivity contribution in [2.45, 2.75) is 25.4 Å². The van der Waals surface area contributed by atoms with Gasteiger partial charge < -0.3 is 15.4 Å². The minimum absolute atomic E-state index is 0.337. The van der Waals surface area contributed by atoms with Gasteiger partial charge in [-0.25, -0.2) is 0 Å². The summed E-state index contributed by atoms with van der Waals surface area (Å²) in [7, 11) is 0. The molecule has 2 unspecified atom stereocenters. The Hall–Kier alpha value is -1.09. The monoisotopic (exact) mass is 323 g/mol. The highest BCUT2D eigenvalue weighted by Gasteiger charge is 2.16. The lowest BCUT2D eigenvalue weighted by Gasteiger charge is -2.27. The van der Waals surface area contributed by atoms with E-state index in [0.29, 0.717) is 17.6 Å². The van der Waals surface area contributed by atoms with Crippen molar-refractivity contribution < 1.29 is 4.74 Å². The summed E-state index contributed by atoms with van der Waals surface area (Å²) in [5, 5.41) is 15.7. The van der Waals surface area contributed by atoms with E-state index >= 15 is 0 Å². The van der Waals surface area contributed by atoms with Gasteiger partial charge in [-0.15, -0.1) is 0 Å². The third-order valence-electron chi connectivity index (χ3n) is 3.14. The molecule has 1 aromatic carbocycles. The molecule has 0 bridgehead atoms. The number of hydrogen-bond acceptors (Lipinski definition) is 4. The van der Waals surface area contributed by atoms with E-state index in [9.17, 15) is 0 Å². The lowest BCUT2D eigenvalue weighted by molar-refractivity contribution is 0.0731. The lowest BCUT2D eigenvalue weighted by Crippen LogP contribution is -2.43. The van der Waals surface area contributed by atoms with Crippen LogP contribution in [0.25, 0.3) is 0 Å². The zero-order valence-corrected chi connectivity index (χ0v) is 12.5. The van der Waals surface area contributed by atoms with Gasteiger partial charge in [0.15, 0.2) is 0 Å². The van der Waals surface area contributed by atoms with Crippen LogP contribution < -0.4 is 10.6 Å². The molecular weight excluding hydrogens is 306 g/mol. The maximum atomic E-state index is 8.84. The summed E-state index contributed by atoms with van der Waals surface area (Å²) >= 11 is 3.49. The van der Waals surface area contributed by atoms with E-state index in [1.165, 1.54) is 0 Å². The average molecular weight is 324 g/mol. The van der Waals surface area contributed by atoms with Crippen LogP contribution in [0.1, 0.15) is 18.9 Å². The summed E-state index contributed by atoms with van der Waals surface area (Å²) in [6.45, 7) is 4.67. The Morgan fingerprint density at radius 2 is 2.47 bits per heavy atom. The van der Waals surface area contributed by atoms with E-state index in [4.69, 9.17) is 10.00 Å². The Labute approximate surface area is 122 Å². The van der Waals surface area contributed by atoms with Crippen molar-refractivity contribution in [3.8, 4) is 6.07 Å². The fraction of sp³-hybridized carbons (Fsp3) is 0.500. The second kappa shape index (κ2) is 6.90. The van der Waals surface area contributed by atoms with Gasteiger partial charge in [0, 0.05) is 28.8 Å². The molecule has 0 aromatic heterocycles. The molecule has 2 rings (SSSR count). The van der Waals surface area contributed by atoms with Crippen LogP contribution in [0.15, 0.2) is 22.7 Å². The summed E-state index contributed by atoms with van der Waals surface area (Å²) in [5.41, 5.74) is 1.68. The molecule has 4 nitrogen and oxygen atoms in total. The van der Waals surface area contributed by atoms with Gasteiger partial charge in [0.2, 0.25) is 0 Å². The second-order valence-corrected chi connectivity index (χ2v) is 5.67. The van der Waals surface area contributed by atoms with Gasteiger partial charge in [0.1, 0.15) is 0 Å². The first kappa shape index (κ1) is 14.3. The van der Waals surface area contributed by atoms with E-state index in [0.717, 1.165) is 36.3 Å². The van der Waals surface area contributed by atoms with Crippen molar-refractivity contribution in [2.75, 3.05) is 25.1 Å². The number of morpholine rings is 1. The van der Waals surface area contributed by atoms with Gasteiger partial charge in [-0.1, -0.05) is 0 Å². The molecule has 0 aliphatic carbocycles. The number of nitrogens with one attached hydrogen (secondary N) is 2. The van der Waals surface area contributed by atoms with Crippen molar-refractivity contribution >= 4 is 21.6 Å². The number of anilines is 1. The maximum absolute atomic E-state index is 8.84. The van der Waals surface area contributed by atoms with Crippen LogP contribution in [-0.4, -0.2) is 31.8 Å². The molecule has 1 aromatic rings. The molecule has 1 aliphatic rings. The molecule has 0 radical (unpaired) electrons. The summed E-state index contributed by atoms with van der Waals surface area (Å²) in [5.74, 6) is 0. The quantitative estimate of drug-likeness (QED) is 0.893. The van der Waals surface area contributed by atoms with Crippen molar-refractivity contribution in [2.24, 2.45) is 0 Å². The van der Waals surface area contributed by atoms with Crippen LogP contribution in [0.5, 0.6) is 0 Å². The minimum Gasteiger partial charge on any atom is -0.382 e. The van der Waals surface area contributed by atoms with Gasteiger partial charge in [0.05, 0.1) is 24.8 Å². The first-order valence-electron chi connectivity index (χ1n) is 6.46. The molecule has 1 saturated heterocycles. The highest BCUT2D eigenvalue weighted by atomic mass is 79.9. The fourth-order valence-corrected chi connectivity index (χ4v) is 2.72. The first-order valence-corrected chi connectivity index (χ1v) is 7.25. The maximum Gasteiger partial charge on any atom is 0.0992 e. The molecule has 2 N–H and O–H groups in total. The summed E-state index contributed by atoms with van der Waals surface area (Å²) in [6, 6.07) is 8.46. The topological polar surface area (TPSA) is 57.1 Å². The summed E-state index contributed by atoms with van der Waals surface area (Å²) in [6.07, 6.45) is 1.01. The molecule has 0 amide bonds. The van der Waals surface area contributed by atoms with E-state index in [1.807, 2.05) is 18.2 Å². The van der Waals surface area contributed by atoms with E-state index < -0.39 is 0 Å². The standard InChI is InChI=1S/C14H18BrN3O/c1-10(6-12-9-19-5-4-17-12)18-14-3-2-11(8-16)7-13(14)15/h2-3,7,10,12,17-18H,4-6,9H2,1H3. The molecule has 19 heavy (non-hydrogen) atoms. The second-order valence-electron chi connectivity index (χ2n) is 4.81. The normalized spacial score (nSPS) is 20.6. The number of hydrogen-bond donors (Lipinski definition) is 2. The Morgan fingerprint density at radius 1 is 1.63 bits per heavy atom. The summed E-state index contributed by atoms with van der Waals surface area (Å²) < 4.78 is 6.37. The molecule has 1 fully saturated rings. The van der Waals surface area contributed by atoms with Gasteiger partial charge in [-0.05, 0) is 47.5 Å². The van der Waals surface area contributed by atoms with Crippen molar-refractivity contribution in [3.63, 3.8) is 0 Å². The molecule has 0 spiro atoms. The van der Waals surface area contributed by atoms with E-state index in [1.54, 1.807) is 0 Å². The van der Waals surface area contributed by atoms with Crippen LogP contribution in [0.2, 0.25) is 0 Å². The third kappa shape index (κ3) is 4.20. The number of ether oxygens (including phenoxy) is 1. The predicted octanol–water partition coefficient (Wildman–Crippen LogP) is 2.50. The van der Waals surface area contributed by atoms with Crippen LogP contribution in [0.3, 0.4) is 0 Å². The lowest BCUT2D eigenvalue weighted by atomic mass is 10.1. The van der Waals surface area contributed by atoms with Crippen LogP contribution in [0, 0.1) is 11.3 Å². The molecule has 1 heterocycles. The number of nitriles is 1. The van der Waals surface area contributed by atoms with Crippen molar-refractivity contribution in [1.82, 2.24) is 5.32 Å². The van der Waals surface area contributed by atoms with Gasteiger partial charge in [0.25, 0.3) is 0 Å². The number of benzene rings is 1. The van der Waals surface area contributed by atoms with Crippen molar-refractivity contribution in [3.05, 3.63) is 28.2 Å². The third-order valence-corrected chi connectivity index (χ3v) is 3.79. The zero-order chi connectivity index (χ0) is 13.7. The van der Waals surface area contributed by atoms with Gasteiger partial charge in [-0.3, -0.25) is 0 Å². The Morgan fingerprint density at radius 3 is 3.11 bits per heavy atom. The minimum atomic E-state index is 0.337. The highest BCUT2D eigenvalue weighted by molar-refractivity contribution is 9.10.